The molecule has 0 aliphatic heterocycles. The second-order valence-electron chi connectivity index (χ2n) is 3.39. The number of aliphatic hydroxyl groups excluding tert-OH is 1. The number of aromatic nitrogens is 2. The van der Waals surface area contributed by atoms with Gasteiger partial charge < -0.3 is 14.2 Å². The summed E-state index contributed by atoms with van der Waals surface area (Å²) in [5.41, 5.74) is 1.90. The lowest BCUT2D eigenvalue weighted by Gasteiger charge is -1.98. The van der Waals surface area contributed by atoms with Crippen molar-refractivity contribution in [3.05, 3.63) is 30.2 Å². The first-order chi connectivity index (χ1) is 7.33. The van der Waals surface area contributed by atoms with Crippen molar-refractivity contribution in [1.29, 1.82) is 0 Å². The average Bonchev–Trinajstić information content (AvgIpc) is 2.67. The molecule has 80 valence electrons. The number of rotatable bonds is 4. The first kappa shape index (κ1) is 9.98. The summed E-state index contributed by atoms with van der Waals surface area (Å²) in [6.45, 7) is 0.206. The molecule has 0 spiro atoms. The Morgan fingerprint density at radius 1 is 1.40 bits per heavy atom. The normalized spacial score (nSPS) is 10.8. The van der Waals surface area contributed by atoms with E-state index in [1.54, 1.807) is 7.11 Å². The van der Waals surface area contributed by atoms with Gasteiger partial charge in [0.25, 0.3) is 0 Å². The molecule has 0 fully saturated rings. The van der Waals surface area contributed by atoms with Gasteiger partial charge in [-0.25, -0.2) is 4.98 Å². The van der Waals surface area contributed by atoms with Crippen LogP contribution in [0.25, 0.3) is 5.65 Å². The first-order valence-corrected chi connectivity index (χ1v) is 4.96. The quantitative estimate of drug-likeness (QED) is 0.819. The van der Waals surface area contributed by atoms with Gasteiger partial charge in [-0.05, 0) is 25.0 Å². The molecule has 0 radical (unpaired) electrons. The highest BCUT2D eigenvalue weighted by Gasteiger charge is 2.01. The Bertz CT molecular complexity index is 451. The molecule has 0 aliphatic carbocycles. The van der Waals surface area contributed by atoms with E-state index in [1.807, 2.05) is 28.9 Å². The predicted octanol–water partition coefficient (Wildman–Crippen LogP) is 1.27. The van der Waals surface area contributed by atoms with Gasteiger partial charge >= 0.3 is 0 Å². The van der Waals surface area contributed by atoms with Crippen LogP contribution in [0.4, 0.5) is 0 Å². The molecule has 2 rings (SSSR count). The Labute approximate surface area is 88.1 Å². The lowest BCUT2D eigenvalue weighted by atomic mass is 10.3. The molecule has 2 aromatic rings. The van der Waals surface area contributed by atoms with E-state index in [2.05, 4.69) is 4.98 Å². The third kappa shape index (κ3) is 2.10. The van der Waals surface area contributed by atoms with E-state index in [-0.39, 0.29) is 6.61 Å². The highest BCUT2D eigenvalue weighted by Crippen LogP contribution is 2.13. The number of methoxy groups -OCH3 is 1. The number of nitrogens with zero attached hydrogens (tertiary/aromatic N) is 2. The molecule has 0 saturated heterocycles. The number of hydrogen-bond donors (Lipinski definition) is 1. The molecule has 0 unspecified atom stereocenters. The van der Waals surface area contributed by atoms with E-state index in [0.717, 1.165) is 29.9 Å². The van der Waals surface area contributed by atoms with E-state index in [1.165, 1.54) is 0 Å². The summed E-state index contributed by atoms with van der Waals surface area (Å²) in [6.07, 6.45) is 5.42. The number of pyridine rings is 1. The van der Waals surface area contributed by atoms with Crippen molar-refractivity contribution in [2.75, 3.05) is 13.7 Å². The third-order valence-corrected chi connectivity index (χ3v) is 2.30. The van der Waals surface area contributed by atoms with Gasteiger partial charge in [0.05, 0.1) is 19.0 Å². The zero-order valence-corrected chi connectivity index (χ0v) is 8.68. The van der Waals surface area contributed by atoms with Gasteiger partial charge in [-0.3, -0.25) is 0 Å². The van der Waals surface area contributed by atoms with E-state index in [9.17, 15) is 0 Å². The summed E-state index contributed by atoms with van der Waals surface area (Å²) in [6, 6.07) is 3.80. The lowest BCUT2D eigenvalue weighted by Crippen LogP contribution is -1.88. The van der Waals surface area contributed by atoms with Crippen LogP contribution in [0.15, 0.2) is 24.5 Å². The van der Waals surface area contributed by atoms with Crippen LogP contribution in [0.1, 0.15) is 12.1 Å². The number of aliphatic hydroxyl groups is 1. The molecular formula is C11H14N2O2. The second-order valence-corrected chi connectivity index (χ2v) is 3.39. The zero-order chi connectivity index (χ0) is 10.7. The third-order valence-electron chi connectivity index (χ3n) is 2.30. The van der Waals surface area contributed by atoms with Crippen LogP contribution in [0.5, 0.6) is 5.75 Å². The number of hydrogen-bond acceptors (Lipinski definition) is 3. The van der Waals surface area contributed by atoms with Crippen molar-refractivity contribution in [1.82, 2.24) is 9.38 Å². The van der Waals surface area contributed by atoms with Gasteiger partial charge in [0.1, 0.15) is 11.4 Å². The van der Waals surface area contributed by atoms with Crippen molar-refractivity contribution in [3.8, 4) is 5.75 Å². The van der Waals surface area contributed by atoms with E-state index < -0.39 is 0 Å². The standard InChI is InChI=1S/C11H14N2O2/c1-15-10-4-5-11-12-9(3-2-6-14)7-13(11)8-10/h4-5,7-8,14H,2-3,6H2,1H3. The lowest BCUT2D eigenvalue weighted by molar-refractivity contribution is 0.288. The monoisotopic (exact) mass is 206 g/mol. The zero-order valence-electron chi connectivity index (χ0n) is 8.68. The maximum atomic E-state index is 8.73. The van der Waals surface area contributed by atoms with Gasteiger partial charge in [-0.2, -0.15) is 0 Å². The van der Waals surface area contributed by atoms with Crippen LogP contribution in [0.2, 0.25) is 0 Å². The molecule has 1 N–H and O–H groups in total. The summed E-state index contributed by atoms with van der Waals surface area (Å²) in [5, 5.41) is 8.73. The minimum Gasteiger partial charge on any atom is -0.495 e. The molecular weight excluding hydrogens is 192 g/mol. The molecule has 2 heterocycles. The van der Waals surface area contributed by atoms with Crippen LogP contribution in [-0.4, -0.2) is 28.2 Å². The fourth-order valence-electron chi connectivity index (χ4n) is 1.53. The summed E-state index contributed by atoms with van der Waals surface area (Å²) < 4.78 is 7.06. The summed E-state index contributed by atoms with van der Waals surface area (Å²) in [7, 11) is 1.64. The summed E-state index contributed by atoms with van der Waals surface area (Å²) in [4.78, 5) is 4.42. The number of aryl methyl sites for hydroxylation is 1. The Balaban J connectivity index is 2.29. The topological polar surface area (TPSA) is 46.8 Å². The fourth-order valence-corrected chi connectivity index (χ4v) is 1.53. The maximum Gasteiger partial charge on any atom is 0.137 e. The molecule has 4 nitrogen and oxygen atoms in total. The smallest absolute Gasteiger partial charge is 0.137 e. The average molecular weight is 206 g/mol. The molecule has 0 aromatic carbocycles. The largest absolute Gasteiger partial charge is 0.495 e. The first-order valence-electron chi connectivity index (χ1n) is 4.96. The fraction of sp³-hybridized carbons (Fsp3) is 0.364. The molecule has 0 amide bonds. The van der Waals surface area contributed by atoms with Crippen molar-refractivity contribution in [2.45, 2.75) is 12.8 Å². The van der Waals surface area contributed by atoms with Crippen molar-refractivity contribution >= 4 is 5.65 Å². The molecule has 2 aromatic heterocycles. The highest BCUT2D eigenvalue weighted by molar-refractivity contribution is 5.43. The molecule has 0 atom stereocenters. The Morgan fingerprint density at radius 3 is 3.00 bits per heavy atom. The van der Waals surface area contributed by atoms with Crippen LogP contribution >= 0.6 is 0 Å². The predicted molar refractivity (Wildman–Crippen MR) is 57.2 cm³/mol. The van der Waals surface area contributed by atoms with E-state index in [0.29, 0.717) is 0 Å². The Kier molecular flexibility index (Phi) is 2.87. The second kappa shape index (κ2) is 4.31. The van der Waals surface area contributed by atoms with Crippen LogP contribution < -0.4 is 4.74 Å². The highest BCUT2D eigenvalue weighted by atomic mass is 16.5. The molecule has 15 heavy (non-hydrogen) atoms. The van der Waals surface area contributed by atoms with Gasteiger partial charge in [0.15, 0.2) is 0 Å². The van der Waals surface area contributed by atoms with Crippen molar-refractivity contribution in [3.63, 3.8) is 0 Å². The number of ether oxygens (including phenoxy) is 1. The van der Waals surface area contributed by atoms with Crippen LogP contribution in [-0.2, 0) is 6.42 Å². The summed E-state index contributed by atoms with van der Waals surface area (Å²) in [5.74, 6) is 0.814. The Morgan fingerprint density at radius 2 is 2.27 bits per heavy atom. The SMILES string of the molecule is COc1ccc2nc(CCCO)cn2c1. The molecule has 0 bridgehead atoms. The van der Waals surface area contributed by atoms with E-state index >= 15 is 0 Å². The molecule has 0 aliphatic rings. The van der Waals surface area contributed by atoms with Crippen molar-refractivity contribution < 1.29 is 9.84 Å². The Hall–Kier alpha value is -1.55. The van der Waals surface area contributed by atoms with Gasteiger partial charge in [-0.1, -0.05) is 0 Å². The number of fused-ring (bicyclic) bond motifs is 1. The summed E-state index contributed by atoms with van der Waals surface area (Å²) >= 11 is 0. The maximum absolute atomic E-state index is 8.73. The minimum absolute atomic E-state index is 0.206. The minimum atomic E-state index is 0.206. The molecule has 4 heteroatoms. The van der Waals surface area contributed by atoms with Gasteiger partial charge in [-0.15, -0.1) is 0 Å². The van der Waals surface area contributed by atoms with Crippen LogP contribution in [0.3, 0.4) is 0 Å². The van der Waals surface area contributed by atoms with Gasteiger partial charge in [0, 0.05) is 12.8 Å². The number of imidazole rings is 1. The van der Waals surface area contributed by atoms with E-state index in [4.69, 9.17) is 9.84 Å². The van der Waals surface area contributed by atoms with Crippen molar-refractivity contribution in [2.24, 2.45) is 0 Å². The molecule has 0 saturated carbocycles. The van der Waals surface area contributed by atoms with Gasteiger partial charge in [0.2, 0.25) is 0 Å². The van der Waals surface area contributed by atoms with Crippen LogP contribution in [0, 0.1) is 0 Å².